The molecule has 3 atom stereocenters. The zero-order valence-electron chi connectivity index (χ0n) is 59.1. The van der Waals surface area contributed by atoms with Crippen molar-refractivity contribution in [2.75, 3.05) is 93.7 Å². The van der Waals surface area contributed by atoms with E-state index in [1.165, 1.54) is 48.2 Å². The van der Waals surface area contributed by atoms with Crippen LogP contribution < -0.4 is 36.3 Å². The third kappa shape index (κ3) is 24.4. The number of nitrogens with one attached hydrogen (secondary N) is 3. The summed E-state index contributed by atoms with van der Waals surface area (Å²) in [4.78, 5) is 55.9. The fourth-order valence-corrected chi connectivity index (χ4v) is 14.8. The average Bonchev–Trinajstić information content (AvgIpc) is 0.848. The number of carbonyl (C=O) groups is 1. The van der Waals surface area contributed by atoms with Gasteiger partial charge in [-0.05, 0) is 160 Å². The largest absolute Gasteiger partial charge is 0.455 e. The molecule has 0 bridgehead atoms. The van der Waals surface area contributed by atoms with Crippen LogP contribution in [-0.2, 0) is 50.3 Å². The van der Waals surface area contributed by atoms with Crippen LogP contribution >= 0.6 is 39.4 Å². The van der Waals surface area contributed by atoms with Gasteiger partial charge in [0.2, 0.25) is 25.9 Å². The van der Waals surface area contributed by atoms with Crippen LogP contribution in [0.4, 0.5) is 51.7 Å². The molecule has 7 aromatic rings. The third-order valence-electron chi connectivity index (χ3n) is 18.1. The van der Waals surface area contributed by atoms with E-state index in [1.807, 2.05) is 6.07 Å². The first-order valence-corrected chi connectivity index (χ1v) is 38.2. The Labute approximate surface area is 641 Å². The van der Waals surface area contributed by atoms with Gasteiger partial charge >= 0.3 is 11.9 Å². The van der Waals surface area contributed by atoms with Gasteiger partial charge in [-0.1, -0.05) is 25.5 Å². The summed E-state index contributed by atoms with van der Waals surface area (Å²) in [5.74, 6) is -2.37. The van der Waals surface area contributed by atoms with E-state index in [-0.39, 0.29) is 95.1 Å². The van der Waals surface area contributed by atoms with Crippen molar-refractivity contribution in [3.05, 3.63) is 180 Å². The minimum Gasteiger partial charge on any atom is -0.455 e. The van der Waals surface area contributed by atoms with E-state index in [9.17, 15) is 78.0 Å². The van der Waals surface area contributed by atoms with Crippen molar-refractivity contribution >= 4 is 126 Å². The summed E-state index contributed by atoms with van der Waals surface area (Å²) in [6.45, 7) is 13.3. The zero-order valence-corrected chi connectivity index (χ0v) is 64.3. The number of piperazine rings is 1. The number of aromatic amines is 1. The molecule has 29 nitrogen and oxygen atoms in total. The average molecular weight is 1630 g/mol. The number of carbonyl (C=O) groups excluding carboxylic acids is 1. The molecule has 39 heteroatoms. The first-order chi connectivity index (χ1) is 49.5. The molecule has 5 aromatic carbocycles. The molecule has 9 N–H and O–H groups in total. The number of ketones is 1. The van der Waals surface area contributed by atoms with E-state index in [0.29, 0.717) is 94.3 Å². The van der Waals surface area contributed by atoms with Gasteiger partial charge in [-0.3, -0.25) is 40.0 Å². The molecule has 6 heterocycles. The van der Waals surface area contributed by atoms with Crippen LogP contribution in [0.3, 0.4) is 0 Å². The smallest absolute Gasteiger partial charge is 0.416 e. The normalized spacial score (nSPS) is 18.2. The Hall–Kier alpha value is -8.12. The number of primary sulfonamides is 2. The molecule has 0 saturated carbocycles. The molecule has 108 heavy (non-hydrogen) atoms. The Morgan fingerprint density at radius 1 is 0.713 bits per heavy atom. The van der Waals surface area contributed by atoms with Crippen molar-refractivity contribution in [1.29, 1.82) is 0 Å². The number of alkyl halides is 3. The van der Waals surface area contributed by atoms with Gasteiger partial charge in [-0.2, -0.15) is 44.6 Å². The minimum atomic E-state index is -4.41. The maximum Gasteiger partial charge on any atom is 0.416 e. The summed E-state index contributed by atoms with van der Waals surface area (Å²) in [6, 6.07) is 22.0. The van der Waals surface area contributed by atoms with Gasteiger partial charge < -0.3 is 45.2 Å². The van der Waals surface area contributed by atoms with Gasteiger partial charge in [0.25, 0.3) is 11.4 Å². The molecule has 4 fully saturated rings. The fourth-order valence-electron chi connectivity index (χ4n) is 12.5. The molecule has 5 aliphatic rings. The number of halogens is 5. The number of ether oxygens (including phenoxy) is 4. The Kier molecular flexibility index (Phi) is 31.6. The molecule has 0 spiro atoms. The van der Waals surface area contributed by atoms with Crippen LogP contribution in [0.2, 0.25) is 0 Å². The molecular formula is C69H87ClF4N12O17S5. The predicted octanol–water partition coefficient (Wildman–Crippen LogP) is 11.6. The summed E-state index contributed by atoms with van der Waals surface area (Å²) < 4.78 is 147. The lowest BCUT2D eigenvalue weighted by Crippen LogP contribution is -2.47. The van der Waals surface area contributed by atoms with Crippen LogP contribution in [-0.4, -0.2) is 157 Å². The van der Waals surface area contributed by atoms with Gasteiger partial charge in [0, 0.05) is 112 Å². The van der Waals surface area contributed by atoms with E-state index in [0.717, 1.165) is 111 Å². The fraction of sp³-hybridized carbons (Fsp3) is 0.420. The van der Waals surface area contributed by atoms with Crippen LogP contribution in [0.5, 0.6) is 11.5 Å². The summed E-state index contributed by atoms with van der Waals surface area (Å²) in [7, 11) is -12.4. The summed E-state index contributed by atoms with van der Waals surface area (Å²) in [5.41, 5.74) is 8.91. The number of rotatable bonds is 19. The van der Waals surface area contributed by atoms with E-state index in [4.69, 9.17) is 35.0 Å². The molecule has 0 amide bonds. The number of pyridine rings is 1. The number of hydrogen-bond donors (Lipinski definition) is 6. The van der Waals surface area contributed by atoms with Crippen molar-refractivity contribution in [1.82, 2.24) is 14.9 Å². The quantitative estimate of drug-likeness (QED) is 0.0189. The molecule has 0 radical (unpaired) electrons. The number of sulfonamides is 2. The number of aryl methyl sites for hydroxylation is 1. The van der Waals surface area contributed by atoms with Crippen molar-refractivity contribution in [2.24, 2.45) is 21.4 Å². The minimum absolute atomic E-state index is 0. The number of Topliss-reactive ketones (excluding diaryl/α,β-unsaturated/α-hetero) is 1. The number of anilines is 3. The van der Waals surface area contributed by atoms with Crippen LogP contribution in [0, 0.1) is 48.5 Å². The number of nitrogens with zero attached hydrogens (tertiary/aromatic N) is 6. The topological polar surface area (TPSA) is 423 Å². The standard InChI is InChI=1S/C47H51F3N6O7S.C11H15N3O5S.C6H5FN2O4S.C5H11NO.ClH.2H2S/c1-30-21-33(47(48,49)50)6-9-38(30)40-25-46(2,3)14-12-32(40)27-54-16-18-55(19-17-54)35-7-10-39(44(23-35)63-36-22-31-13-15-51-45(31)52-26-36)43(57)29-64(60,61)37-8-11-41(42(24-37)56(58)59)53-34-5-4-20-62-28-34;12-20(17,18)9-3-4-10(11(6-9)14(15)16)13-8-2-1-5-19-7-8;7-5-2-1-4(14(8,12)13)3-6(5)9(10)11;6-5-2-1-3-7-4-5;;;/h6-11,13,15,21-24,26,34,53H,4-5,12,14,16-20,25,27-29H2,1-3H3,(H,51,52);3-4,6,8,13H,1-2,5,7H2,(H2,12,17,18);1-3H,(H2,8,12,13);5H,1-4,6H2;1H;2*1H2/t34-;8-;;5-;;;/m00.0.../s1. The number of H-pyrrole nitrogens is 1. The zero-order chi connectivity index (χ0) is 76.2. The summed E-state index contributed by atoms with van der Waals surface area (Å²) >= 11 is 0. The van der Waals surface area contributed by atoms with Crippen molar-refractivity contribution in [3.8, 4) is 11.5 Å². The summed E-state index contributed by atoms with van der Waals surface area (Å²) in [6.07, 6.45) is 6.97. The molecule has 4 aliphatic heterocycles. The molecule has 2 aromatic heterocycles. The highest BCUT2D eigenvalue weighted by atomic mass is 35.5. The van der Waals surface area contributed by atoms with Gasteiger partial charge in [-0.15, -0.1) is 12.4 Å². The second-order valence-electron chi connectivity index (χ2n) is 26.7. The lowest BCUT2D eigenvalue weighted by molar-refractivity contribution is -0.387. The van der Waals surface area contributed by atoms with Gasteiger partial charge in [0.15, 0.2) is 15.6 Å². The number of benzene rings is 5. The van der Waals surface area contributed by atoms with Gasteiger partial charge in [0.1, 0.15) is 34.3 Å². The van der Waals surface area contributed by atoms with Crippen LogP contribution in [0.15, 0.2) is 136 Å². The first-order valence-electron chi connectivity index (χ1n) is 33.5. The second-order valence-corrected chi connectivity index (χ2v) is 31.8. The van der Waals surface area contributed by atoms with E-state index in [2.05, 4.69) is 44.2 Å². The molecular weight excluding hydrogens is 1540 g/mol. The number of allylic oxidation sites excluding steroid dienone is 1. The Morgan fingerprint density at radius 2 is 1.26 bits per heavy atom. The molecule has 12 rings (SSSR count). The van der Waals surface area contributed by atoms with Crippen molar-refractivity contribution in [3.63, 3.8) is 0 Å². The van der Waals surface area contributed by atoms with Crippen LogP contribution in [0.25, 0.3) is 16.6 Å². The number of nitrogens with two attached hydrogens (primary N) is 3. The Balaban J connectivity index is 0.000000334. The van der Waals surface area contributed by atoms with Gasteiger partial charge in [-0.25, -0.2) is 40.5 Å². The molecule has 4 saturated heterocycles. The Bertz CT molecular complexity index is 4730. The first kappa shape index (κ1) is 88.8. The number of nitro benzene ring substituents is 3. The number of aromatic nitrogens is 2. The van der Waals surface area contributed by atoms with Crippen molar-refractivity contribution < 1.29 is 81.3 Å². The number of hydrogen-bond acceptors (Lipinski definition) is 23. The number of sulfone groups is 1. The highest BCUT2D eigenvalue weighted by Gasteiger charge is 2.35. The number of fused-ring (bicyclic) bond motifs is 1. The highest BCUT2D eigenvalue weighted by Crippen LogP contribution is 2.45. The monoisotopic (exact) mass is 1630 g/mol. The second kappa shape index (κ2) is 38.5. The number of nitro groups is 3. The predicted molar refractivity (Wildman–Crippen MR) is 411 cm³/mol. The van der Waals surface area contributed by atoms with E-state index in [1.54, 1.807) is 43.5 Å². The SMILES string of the molecule is Cc1cc(C(F)(F)F)ccc1C1=C(CN2CCN(c3ccc(C(=O)CS(=O)(=O)c4ccc(N[C@H]5CCCOC5)c([N+](=O)[O-])c4)c(Oc4cnc5[nH]ccc5c4)c3)CC2)CCC(C)(C)C1.Cl.NS(=O)(=O)c1ccc(F)c([N+](=O)[O-])c1.NS(=O)(=O)c1ccc(N[C@H]2CCCOC2)c([N+](=O)[O-])c1.N[C@H]1CCCOC1.S.S. The van der Waals surface area contributed by atoms with E-state index >= 15 is 0 Å². The van der Waals surface area contributed by atoms with Gasteiger partial charge in [0.05, 0.1) is 66.6 Å². The Morgan fingerprint density at radius 3 is 1.77 bits per heavy atom. The van der Waals surface area contributed by atoms with E-state index < -0.39 is 90.0 Å². The van der Waals surface area contributed by atoms with Crippen molar-refractivity contribution in [2.45, 2.75) is 118 Å². The molecule has 0 unspecified atom stereocenters. The maximum absolute atomic E-state index is 14.0. The van der Waals surface area contributed by atoms with Crippen LogP contribution in [0.1, 0.15) is 98.7 Å². The maximum atomic E-state index is 14.0. The summed E-state index contributed by atoms with van der Waals surface area (Å²) in [5, 5.41) is 49.9. The lowest BCUT2D eigenvalue weighted by atomic mass is 9.72. The lowest BCUT2D eigenvalue weighted by Gasteiger charge is -2.39. The molecule has 590 valence electrons. The highest BCUT2D eigenvalue weighted by molar-refractivity contribution is 7.92. The third-order valence-corrected chi connectivity index (χ3v) is 21.5. The molecule has 1 aliphatic carbocycles.